The van der Waals surface area contributed by atoms with Crippen molar-refractivity contribution in [2.75, 3.05) is 13.2 Å². The second kappa shape index (κ2) is 7.09. The van der Waals surface area contributed by atoms with Crippen LogP contribution in [0, 0.1) is 23.0 Å². The molecule has 0 heterocycles. The summed E-state index contributed by atoms with van der Waals surface area (Å²) in [4.78, 5) is 10.5. The maximum atomic E-state index is 10.9. The molecular formula is C14H22N2O3. The third-order valence-corrected chi connectivity index (χ3v) is 2.71. The van der Waals surface area contributed by atoms with Gasteiger partial charge in [-0.05, 0) is 18.6 Å². The molecule has 1 aromatic rings. The first kappa shape index (κ1) is 15.4. The van der Waals surface area contributed by atoms with Gasteiger partial charge in [-0.25, -0.2) is 0 Å². The van der Waals surface area contributed by atoms with Crippen LogP contribution in [0.15, 0.2) is 18.2 Å². The molecule has 0 spiro atoms. The van der Waals surface area contributed by atoms with Gasteiger partial charge in [0, 0.05) is 24.6 Å². The summed E-state index contributed by atoms with van der Waals surface area (Å²) in [5, 5.41) is 14.3. The highest BCUT2D eigenvalue weighted by Gasteiger charge is 2.16. The predicted octanol–water partition coefficient (Wildman–Crippen LogP) is 2.92. The molecular weight excluding hydrogens is 244 g/mol. The Hall–Kier alpha value is -1.62. The zero-order valence-electron chi connectivity index (χ0n) is 12.0. The molecule has 0 aliphatic heterocycles. The molecule has 0 aliphatic carbocycles. The maximum Gasteiger partial charge on any atom is 0.311 e. The summed E-state index contributed by atoms with van der Waals surface area (Å²) in [7, 11) is 0. The van der Waals surface area contributed by atoms with Gasteiger partial charge < -0.3 is 10.1 Å². The summed E-state index contributed by atoms with van der Waals surface area (Å²) in [5.74, 6) is 0.635. The van der Waals surface area contributed by atoms with Crippen molar-refractivity contribution in [2.24, 2.45) is 5.92 Å². The lowest BCUT2D eigenvalue weighted by atomic mass is 10.2. The highest BCUT2D eigenvalue weighted by molar-refractivity contribution is 5.48. The van der Waals surface area contributed by atoms with E-state index in [1.165, 1.54) is 6.07 Å². The zero-order chi connectivity index (χ0) is 14.4. The van der Waals surface area contributed by atoms with Crippen molar-refractivity contribution in [1.29, 1.82) is 0 Å². The fourth-order valence-electron chi connectivity index (χ4n) is 1.62. The number of nitrogens with one attached hydrogen (secondary N) is 1. The first-order chi connectivity index (χ1) is 8.90. The largest absolute Gasteiger partial charge is 0.486 e. The summed E-state index contributed by atoms with van der Waals surface area (Å²) in [6.45, 7) is 9.33. The molecule has 5 heteroatoms. The Kier molecular flexibility index (Phi) is 5.76. The van der Waals surface area contributed by atoms with Crippen LogP contribution in [0.1, 0.15) is 26.3 Å². The number of hydrogen-bond acceptors (Lipinski definition) is 4. The van der Waals surface area contributed by atoms with Gasteiger partial charge in [0.25, 0.3) is 0 Å². The second-order valence-corrected chi connectivity index (χ2v) is 5.21. The molecule has 1 rings (SSSR count). The molecule has 0 fully saturated rings. The predicted molar refractivity (Wildman–Crippen MR) is 75.6 cm³/mol. The standard InChI is InChI=1S/C14H22N2O3/c1-10(2)15-8-12(4)9-19-14-6-5-11(3)7-13(14)16(17)18/h5-7,10,12,15H,8-9H2,1-4H3. The number of rotatable bonds is 7. The zero-order valence-corrected chi connectivity index (χ0v) is 12.0. The van der Waals surface area contributed by atoms with Gasteiger partial charge >= 0.3 is 5.69 Å². The number of ether oxygens (including phenoxy) is 1. The highest BCUT2D eigenvalue weighted by atomic mass is 16.6. The molecule has 0 bridgehead atoms. The molecule has 19 heavy (non-hydrogen) atoms. The normalized spacial score (nSPS) is 12.5. The summed E-state index contributed by atoms with van der Waals surface area (Å²) in [6, 6.07) is 5.44. The van der Waals surface area contributed by atoms with E-state index in [-0.39, 0.29) is 5.69 Å². The van der Waals surface area contributed by atoms with Crippen molar-refractivity contribution in [3.63, 3.8) is 0 Å². The van der Waals surface area contributed by atoms with Gasteiger partial charge in [0.15, 0.2) is 5.75 Å². The average Bonchev–Trinajstić information content (AvgIpc) is 2.34. The van der Waals surface area contributed by atoms with E-state index in [1.54, 1.807) is 6.07 Å². The first-order valence-electron chi connectivity index (χ1n) is 6.51. The molecule has 0 amide bonds. The quantitative estimate of drug-likeness (QED) is 0.608. The van der Waals surface area contributed by atoms with Gasteiger partial charge in [-0.1, -0.05) is 26.8 Å². The van der Waals surface area contributed by atoms with Gasteiger partial charge in [-0.3, -0.25) is 10.1 Å². The lowest BCUT2D eigenvalue weighted by molar-refractivity contribution is -0.385. The number of hydrogen-bond donors (Lipinski definition) is 1. The van der Waals surface area contributed by atoms with Crippen LogP contribution in [0.25, 0.3) is 0 Å². The summed E-state index contributed by atoms with van der Waals surface area (Å²) >= 11 is 0. The number of nitro benzene ring substituents is 1. The van der Waals surface area contributed by atoms with Crippen molar-refractivity contribution in [2.45, 2.75) is 33.7 Å². The Morgan fingerprint density at radius 3 is 2.63 bits per heavy atom. The van der Waals surface area contributed by atoms with Gasteiger partial charge in [-0.2, -0.15) is 0 Å². The average molecular weight is 266 g/mol. The van der Waals surface area contributed by atoms with Gasteiger partial charge in [-0.15, -0.1) is 0 Å². The molecule has 106 valence electrons. The molecule has 1 atom stereocenters. The van der Waals surface area contributed by atoms with Crippen LogP contribution in [0.4, 0.5) is 5.69 Å². The molecule has 1 unspecified atom stereocenters. The van der Waals surface area contributed by atoms with Crippen molar-refractivity contribution in [3.05, 3.63) is 33.9 Å². The Morgan fingerprint density at radius 2 is 2.05 bits per heavy atom. The molecule has 0 aromatic heterocycles. The van der Waals surface area contributed by atoms with Crippen LogP contribution in [-0.2, 0) is 0 Å². The van der Waals surface area contributed by atoms with Crippen LogP contribution in [0.2, 0.25) is 0 Å². The number of nitrogens with zero attached hydrogens (tertiary/aromatic N) is 1. The lowest BCUT2D eigenvalue weighted by Gasteiger charge is -2.15. The smallest absolute Gasteiger partial charge is 0.311 e. The van der Waals surface area contributed by atoms with Crippen molar-refractivity contribution in [3.8, 4) is 5.75 Å². The van der Waals surface area contributed by atoms with E-state index in [4.69, 9.17) is 4.74 Å². The van der Waals surface area contributed by atoms with Crippen LogP contribution >= 0.6 is 0 Å². The molecule has 5 nitrogen and oxygen atoms in total. The first-order valence-corrected chi connectivity index (χ1v) is 6.51. The molecule has 1 aromatic carbocycles. The van der Waals surface area contributed by atoms with E-state index < -0.39 is 4.92 Å². The van der Waals surface area contributed by atoms with Gasteiger partial charge in [0.1, 0.15) is 0 Å². The van der Waals surface area contributed by atoms with E-state index in [1.807, 2.05) is 13.0 Å². The van der Waals surface area contributed by atoms with E-state index in [2.05, 4.69) is 26.1 Å². The Balaban J connectivity index is 2.60. The third-order valence-electron chi connectivity index (χ3n) is 2.71. The molecule has 0 saturated carbocycles. The third kappa shape index (κ3) is 5.26. The minimum absolute atomic E-state index is 0.0315. The van der Waals surface area contributed by atoms with Crippen molar-refractivity contribution < 1.29 is 9.66 Å². The van der Waals surface area contributed by atoms with E-state index in [0.29, 0.717) is 24.3 Å². The molecule has 0 aliphatic rings. The van der Waals surface area contributed by atoms with E-state index >= 15 is 0 Å². The molecule has 0 radical (unpaired) electrons. The van der Waals surface area contributed by atoms with Crippen LogP contribution in [0.3, 0.4) is 0 Å². The molecule has 0 saturated heterocycles. The Morgan fingerprint density at radius 1 is 1.37 bits per heavy atom. The Labute approximate surface area is 114 Å². The highest BCUT2D eigenvalue weighted by Crippen LogP contribution is 2.27. The van der Waals surface area contributed by atoms with Crippen LogP contribution in [0.5, 0.6) is 5.75 Å². The summed E-state index contributed by atoms with van der Waals surface area (Å²) in [6.07, 6.45) is 0. The number of benzene rings is 1. The SMILES string of the molecule is Cc1ccc(OCC(C)CNC(C)C)c([N+](=O)[O-])c1. The van der Waals surface area contributed by atoms with Crippen LogP contribution < -0.4 is 10.1 Å². The minimum Gasteiger partial charge on any atom is -0.486 e. The topological polar surface area (TPSA) is 64.4 Å². The fourth-order valence-corrected chi connectivity index (χ4v) is 1.62. The Bertz CT molecular complexity index is 433. The van der Waals surface area contributed by atoms with E-state index in [9.17, 15) is 10.1 Å². The van der Waals surface area contributed by atoms with E-state index in [0.717, 1.165) is 12.1 Å². The minimum atomic E-state index is -0.403. The van der Waals surface area contributed by atoms with Crippen molar-refractivity contribution >= 4 is 5.69 Å². The van der Waals surface area contributed by atoms with Crippen molar-refractivity contribution in [1.82, 2.24) is 5.32 Å². The number of aryl methyl sites for hydroxylation is 1. The molecule has 1 N–H and O–H groups in total. The second-order valence-electron chi connectivity index (χ2n) is 5.21. The van der Waals surface area contributed by atoms with Gasteiger partial charge in [0.05, 0.1) is 11.5 Å². The monoisotopic (exact) mass is 266 g/mol. The number of nitro groups is 1. The summed E-state index contributed by atoms with van der Waals surface area (Å²) in [5.41, 5.74) is 0.887. The summed E-state index contributed by atoms with van der Waals surface area (Å²) < 4.78 is 5.57. The fraction of sp³-hybridized carbons (Fsp3) is 0.571. The van der Waals surface area contributed by atoms with Crippen LogP contribution in [-0.4, -0.2) is 24.1 Å². The maximum absolute atomic E-state index is 10.9. The lowest BCUT2D eigenvalue weighted by Crippen LogP contribution is -2.30. The van der Waals surface area contributed by atoms with Gasteiger partial charge in [0.2, 0.25) is 0 Å².